The number of amides is 1. The van der Waals surface area contributed by atoms with E-state index in [0.29, 0.717) is 44.0 Å². The van der Waals surface area contributed by atoms with Gasteiger partial charge >= 0.3 is 0 Å². The quantitative estimate of drug-likeness (QED) is 0.682. The van der Waals surface area contributed by atoms with Crippen LogP contribution >= 0.6 is 0 Å². The summed E-state index contributed by atoms with van der Waals surface area (Å²) in [6.45, 7) is 5.57. The zero-order valence-corrected chi connectivity index (χ0v) is 16.5. The molecule has 1 saturated heterocycles. The first kappa shape index (κ1) is 20.8. The fourth-order valence-electron chi connectivity index (χ4n) is 2.92. The summed E-state index contributed by atoms with van der Waals surface area (Å²) in [5.41, 5.74) is 1.63. The smallest absolute Gasteiger partial charge is 0.248 e. The molecule has 1 aliphatic heterocycles. The Morgan fingerprint density at radius 3 is 2.58 bits per heavy atom. The number of carbonyl (C=O) groups is 1. The van der Waals surface area contributed by atoms with Crippen molar-refractivity contribution in [1.29, 1.82) is 0 Å². The first-order valence-corrected chi connectivity index (χ1v) is 10.3. The second-order valence-corrected chi connectivity index (χ2v) is 8.27. The molecule has 1 aromatic carbocycles. The Morgan fingerprint density at radius 2 is 1.92 bits per heavy atom. The molecule has 8 heteroatoms. The molecule has 1 fully saturated rings. The minimum absolute atomic E-state index is 0.0300. The highest BCUT2D eigenvalue weighted by Gasteiger charge is 2.27. The minimum Gasteiger partial charge on any atom is -0.382 e. The topological polar surface area (TPSA) is 84.9 Å². The van der Waals surface area contributed by atoms with Crippen LogP contribution in [0.15, 0.2) is 23.1 Å². The van der Waals surface area contributed by atoms with E-state index >= 15 is 0 Å². The number of carbonyl (C=O) groups excluding carboxylic acids is 1. The van der Waals surface area contributed by atoms with Crippen molar-refractivity contribution in [3.8, 4) is 0 Å². The van der Waals surface area contributed by atoms with Gasteiger partial charge in [0.2, 0.25) is 15.9 Å². The molecule has 1 amide bonds. The summed E-state index contributed by atoms with van der Waals surface area (Å²) in [4.78, 5) is 14.1. The van der Waals surface area contributed by atoms with Crippen LogP contribution in [0.2, 0.25) is 0 Å². The third-order valence-corrected chi connectivity index (χ3v) is 6.12. The maximum absolute atomic E-state index is 12.7. The van der Waals surface area contributed by atoms with Crippen molar-refractivity contribution in [1.82, 2.24) is 9.62 Å². The highest BCUT2D eigenvalue weighted by Crippen LogP contribution is 2.19. The summed E-state index contributed by atoms with van der Waals surface area (Å²) in [7, 11) is -1.98. The maximum atomic E-state index is 12.7. The molecular formula is C18H28N2O5S. The van der Waals surface area contributed by atoms with Crippen molar-refractivity contribution in [2.24, 2.45) is 0 Å². The number of ether oxygens (including phenoxy) is 2. The molecule has 1 heterocycles. The van der Waals surface area contributed by atoms with Crippen LogP contribution in [0.1, 0.15) is 24.0 Å². The van der Waals surface area contributed by atoms with Gasteiger partial charge in [0, 0.05) is 26.2 Å². The zero-order chi connectivity index (χ0) is 19.2. The van der Waals surface area contributed by atoms with Crippen LogP contribution in [-0.4, -0.2) is 65.3 Å². The molecule has 146 valence electrons. The molecule has 0 spiro atoms. The Kier molecular flexibility index (Phi) is 7.57. The lowest BCUT2D eigenvalue weighted by Crippen LogP contribution is -2.47. The molecule has 26 heavy (non-hydrogen) atoms. The summed E-state index contributed by atoms with van der Waals surface area (Å²) >= 11 is 0. The van der Waals surface area contributed by atoms with Gasteiger partial charge < -0.3 is 14.4 Å². The van der Waals surface area contributed by atoms with Crippen LogP contribution in [0.4, 0.5) is 0 Å². The van der Waals surface area contributed by atoms with E-state index in [0.717, 1.165) is 11.1 Å². The number of benzene rings is 1. The van der Waals surface area contributed by atoms with Gasteiger partial charge in [-0.15, -0.1) is 0 Å². The molecule has 0 unspecified atom stereocenters. The highest BCUT2D eigenvalue weighted by molar-refractivity contribution is 7.89. The molecular weight excluding hydrogens is 356 g/mol. The lowest BCUT2D eigenvalue weighted by Gasteiger charge is -2.32. The summed E-state index contributed by atoms with van der Waals surface area (Å²) < 4.78 is 38.2. The van der Waals surface area contributed by atoms with Gasteiger partial charge in [0.05, 0.1) is 18.1 Å². The van der Waals surface area contributed by atoms with Gasteiger partial charge in [-0.3, -0.25) is 4.79 Å². The van der Waals surface area contributed by atoms with Crippen LogP contribution in [0, 0.1) is 13.8 Å². The van der Waals surface area contributed by atoms with Gasteiger partial charge in [0.15, 0.2) is 0 Å². The second kappa shape index (κ2) is 9.45. The normalized spacial score (nSPS) is 16.0. The Labute approximate surface area is 155 Å². The zero-order valence-electron chi connectivity index (χ0n) is 15.7. The Bertz CT molecular complexity index is 712. The van der Waals surface area contributed by atoms with Crippen LogP contribution in [0.3, 0.4) is 0 Å². The SMILES string of the molecule is COCCOCC(=O)N1CCC(NS(=O)(=O)c2cc(C)ccc2C)CC1. The number of rotatable bonds is 8. The standard InChI is InChI=1S/C18H28N2O5S/c1-14-4-5-15(2)17(12-14)26(22,23)19-16-6-8-20(9-7-16)18(21)13-25-11-10-24-3/h4-5,12,16,19H,6-11,13H2,1-3H3. The summed E-state index contributed by atoms with van der Waals surface area (Å²) in [6.07, 6.45) is 1.18. The number of hydrogen-bond acceptors (Lipinski definition) is 5. The van der Waals surface area contributed by atoms with Gasteiger partial charge in [-0.1, -0.05) is 12.1 Å². The molecule has 0 aromatic heterocycles. The third kappa shape index (κ3) is 5.77. The first-order valence-electron chi connectivity index (χ1n) is 8.77. The largest absolute Gasteiger partial charge is 0.382 e. The van der Waals surface area contributed by atoms with E-state index in [1.54, 1.807) is 25.0 Å². The molecule has 0 atom stereocenters. The molecule has 2 rings (SSSR count). The van der Waals surface area contributed by atoms with E-state index in [1.165, 1.54) is 0 Å². The molecule has 1 aliphatic rings. The Hall–Kier alpha value is -1.48. The fourth-order valence-corrected chi connectivity index (χ4v) is 4.55. The summed E-state index contributed by atoms with van der Waals surface area (Å²) in [6, 6.07) is 5.23. The van der Waals surface area contributed by atoms with Crippen LogP contribution in [0.25, 0.3) is 0 Å². The van der Waals surface area contributed by atoms with Crippen LogP contribution < -0.4 is 4.72 Å². The lowest BCUT2D eigenvalue weighted by atomic mass is 10.1. The Balaban J connectivity index is 1.86. The number of sulfonamides is 1. The molecule has 0 saturated carbocycles. The van der Waals surface area contributed by atoms with E-state index in [1.807, 2.05) is 19.1 Å². The van der Waals surface area contributed by atoms with Crippen LogP contribution in [-0.2, 0) is 24.3 Å². The minimum atomic E-state index is -3.56. The number of likely N-dealkylation sites (tertiary alicyclic amines) is 1. The van der Waals surface area contributed by atoms with E-state index in [4.69, 9.17) is 9.47 Å². The van der Waals surface area contributed by atoms with Crippen molar-refractivity contribution in [2.75, 3.05) is 40.0 Å². The molecule has 0 aliphatic carbocycles. The number of aryl methyl sites for hydroxylation is 2. The molecule has 7 nitrogen and oxygen atoms in total. The number of nitrogens with one attached hydrogen (secondary N) is 1. The predicted octanol–water partition coefficient (Wildman–Crippen LogP) is 1.24. The second-order valence-electron chi connectivity index (χ2n) is 6.59. The number of methoxy groups -OCH3 is 1. The van der Waals surface area contributed by atoms with E-state index < -0.39 is 10.0 Å². The summed E-state index contributed by atoms with van der Waals surface area (Å²) in [5, 5.41) is 0. The lowest BCUT2D eigenvalue weighted by molar-refractivity contribution is -0.137. The maximum Gasteiger partial charge on any atom is 0.248 e. The number of piperidine rings is 1. The molecule has 1 N–H and O–H groups in total. The van der Waals surface area contributed by atoms with Gasteiger partial charge in [0.1, 0.15) is 6.61 Å². The van der Waals surface area contributed by atoms with Crippen molar-refractivity contribution in [3.05, 3.63) is 29.3 Å². The third-order valence-electron chi connectivity index (χ3n) is 4.46. The molecule has 0 radical (unpaired) electrons. The molecule has 1 aromatic rings. The van der Waals surface area contributed by atoms with E-state index in [-0.39, 0.29) is 18.6 Å². The van der Waals surface area contributed by atoms with Gasteiger partial charge in [-0.2, -0.15) is 0 Å². The average molecular weight is 384 g/mol. The van der Waals surface area contributed by atoms with Crippen LogP contribution in [0.5, 0.6) is 0 Å². The Morgan fingerprint density at radius 1 is 1.23 bits per heavy atom. The predicted molar refractivity (Wildman–Crippen MR) is 98.5 cm³/mol. The number of nitrogens with zero attached hydrogens (tertiary/aromatic N) is 1. The van der Waals surface area contributed by atoms with E-state index in [2.05, 4.69) is 4.72 Å². The first-order chi connectivity index (χ1) is 12.3. The van der Waals surface area contributed by atoms with Gasteiger partial charge in [-0.05, 0) is 43.9 Å². The fraction of sp³-hybridized carbons (Fsp3) is 0.611. The number of hydrogen-bond donors (Lipinski definition) is 1. The van der Waals surface area contributed by atoms with E-state index in [9.17, 15) is 13.2 Å². The average Bonchev–Trinajstić information content (AvgIpc) is 2.61. The van der Waals surface area contributed by atoms with Crippen molar-refractivity contribution >= 4 is 15.9 Å². The monoisotopic (exact) mass is 384 g/mol. The van der Waals surface area contributed by atoms with Gasteiger partial charge in [-0.25, -0.2) is 13.1 Å². The highest BCUT2D eigenvalue weighted by atomic mass is 32.2. The van der Waals surface area contributed by atoms with Crippen molar-refractivity contribution < 1.29 is 22.7 Å². The molecule has 0 bridgehead atoms. The summed E-state index contributed by atoms with van der Waals surface area (Å²) in [5.74, 6) is -0.0723. The van der Waals surface area contributed by atoms with Crippen molar-refractivity contribution in [3.63, 3.8) is 0 Å². The van der Waals surface area contributed by atoms with Gasteiger partial charge in [0.25, 0.3) is 0 Å². The van der Waals surface area contributed by atoms with Crippen molar-refractivity contribution in [2.45, 2.75) is 37.6 Å².